The number of carbonyl (C=O) groups excluding carboxylic acids is 1. The van der Waals surface area contributed by atoms with Gasteiger partial charge < -0.3 is 19.7 Å². The average Bonchev–Trinajstić information content (AvgIpc) is 2.52. The molecule has 0 aliphatic carbocycles. The molecule has 0 saturated heterocycles. The monoisotopic (exact) mass is 336 g/mol. The molecule has 0 spiro atoms. The van der Waals surface area contributed by atoms with Crippen LogP contribution in [0.2, 0.25) is 0 Å². The Morgan fingerprint density at radius 3 is 2.70 bits per heavy atom. The van der Waals surface area contributed by atoms with Gasteiger partial charge in [-0.2, -0.15) is 0 Å². The van der Waals surface area contributed by atoms with Gasteiger partial charge in [0.15, 0.2) is 0 Å². The van der Waals surface area contributed by atoms with Crippen molar-refractivity contribution in [1.29, 1.82) is 0 Å². The van der Waals surface area contributed by atoms with E-state index < -0.39 is 5.50 Å². The van der Waals surface area contributed by atoms with Gasteiger partial charge in [0, 0.05) is 25.3 Å². The molecule has 126 valence electrons. The fourth-order valence-corrected chi connectivity index (χ4v) is 2.90. The van der Waals surface area contributed by atoms with Gasteiger partial charge >= 0.3 is 0 Å². The SMILES string of the molecule is COCCN1C(c2cc(C(C)C)ccc2OC)=CC(=O)NC1S. The molecule has 0 bridgehead atoms. The Balaban J connectivity index is 2.50. The van der Waals surface area contributed by atoms with Crippen molar-refractivity contribution in [3.8, 4) is 5.75 Å². The van der Waals surface area contributed by atoms with E-state index in [0.29, 0.717) is 19.1 Å². The van der Waals surface area contributed by atoms with Gasteiger partial charge in [-0.3, -0.25) is 4.79 Å². The quantitative estimate of drug-likeness (QED) is 0.784. The molecular formula is C17H24N2O3S. The Morgan fingerprint density at radius 1 is 1.35 bits per heavy atom. The van der Waals surface area contributed by atoms with Gasteiger partial charge in [0.25, 0.3) is 0 Å². The Morgan fingerprint density at radius 2 is 2.09 bits per heavy atom. The Labute approximate surface area is 143 Å². The third-order valence-corrected chi connectivity index (χ3v) is 4.25. The highest BCUT2D eigenvalue weighted by molar-refractivity contribution is 7.80. The van der Waals surface area contributed by atoms with E-state index in [2.05, 4.69) is 37.9 Å². The highest BCUT2D eigenvalue weighted by Gasteiger charge is 2.27. The number of thiol groups is 1. The molecule has 1 unspecified atom stereocenters. The maximum Gasteiger partial charge on any atom is 0.248 e. The summed E-state index contributed by atoms with van der Waals surface area (Å²) in [6, 6.07) is 6.07. The first-order chi connectivity index (χ1) is 11.0. The van der Waals surface area contributed by atoms with E-state index in [0.717, 1.165) is 17.0 Å². The molecule has 0 saturated carbocycles. The summed E-state index contributed by atoms with van der Waals surface area (Å²) in [5, 5.41) is 2.79. The summed E-state index contributed by atoms with van der Waals surface area (Å²) in [4.78, 5) is 14.0. The fraction of sp³-hybridized carbons (Fsp3) is 0.471. The van der Waals surface area contributed by atoms with Gasteiger partial charge in [-0.1, -0.05) is 19.9 Å². The zero-order valence-corrected chi connectivity index (χ0v) is 14.9. The summed E-state index contributed by atoms with van der Waals surface area (Å²) in [5.41, 5.74) is 2.48. The standard InChI is InChI=1S/C17H24N2O3S/c1-11(2)12-5-6-15(22-4)13(9-12)14-10-16(20)18-17(23)19(14)7-8-21-3/h5-6,9-11,17,23H,7-8H2,1-4H3,(H,18,20). The summed E-state index contributed by atoms with van der Waals surface area (Å²) in [6.07, 6.45) is 1.59. The van der Waals surface area contributed by atoms with Crippen LogP contribution in [0.25, 0.3) is 5.70 Å². The lowest BCUT2D eigenvalue weighted by Gasteiger charge is -2.36. The summed E-state index contributed by atoms with van der Waals surface area (Å²) in [7, 11) is 3.29. The van der Waals surface area contributed by atoms with E-state index >= 15 is 0 Å². The fourth-order valence-electron chi connectivity index (χ4n) is 2.54. The summed E-state index contributed by atoms with van der Waals surface area (Å²) in [5.74, 6) is 0.959. The van der Waals surface area contributed by atoms with Crippen molar-refractivity contribution in [2.75, 3.05) is 27.4 Å². The number of methoxy groups -OCH3 is 2. The van der Waals surface area contributed by atoms with E-state index in [4.69, 9.17) is 9.47 Å². The molecule has 1 N–H and O–H groups in total. The number of benzene rings is 1. The van der Waals surface area contributed by atoms with Gasteiger partial charge in [-0.25, -0.2) is 0 Å². The number of ether oxygens (including phenoxy) is 2. The van der Waals surface area contributed by atoms with Crippen LogP contribution >= 0.6 is 12.6 Å². The van der Waals surface area contributed by atoms with Crippen molar-refractivity contribution in [2.24, 2.45) is 0 Å². The Bertz CT molecular complexity index is 602. The molecule has 0 fully saturated rings. The minimum absolute atomic E-state index is 0.161. The third kappa shape index (κ3) is 4.00. The molecule has 1 aromatic rings. The van der Waals surface area contributed by atoms with Gasteiger partial charge in [0.2, 0.25) is 5.91 Å². The van der Waals surface area contributed by atoms with Crippen molar-refractivity contribution in [3.05, 3.63) is 35.4 Å². The highest BCUT2D eigenvalue weighted by Crippen LogP contribution is 2.34. The maximum atomic E-state index is 12.0. The van der Waals surface area contributed by atoms with Crippen LogP contribution < -0.4 is 10.1 Å². The molecule has 1 aliphatic heterocycles. The minimum atomic E-state index is -0.398. The largest absolute Gasteiger partial charge is 0.496 e. The van der Waals surface area contributed by atoms with E-state index in [-0.39, 0.29) is 5.91 Å². The van der Waals surface area contributed by atoms with Gasteiger partial charge in [-0.15, -0.1) is 12.6 Å². The minimum Gasteiger partial charge on any atom is -0.496 e. The third-order valence-electron chi connectivity index (χ3n) is 3.85. The van der Waals surface area contributed by atoms with Crippen molar-refractivity contribution in [3.63, 3.8) is 0 Å². The van der Waals surface area contributed by atoms with Gasteiger partial charge in [0.1, 0.15) is 11.2 Å². The molecule has 0 aromatic heterocycles. The number of nitrogens with one attached hydrogen (secondary N) is 1. The molecule has 1 atom stereocenters. The topological polar surface area (TPSA) is 50.8 Å². The van der Waals surface area contributed by atoms with Crippen molar-refractivity contribution < 1.29 is 14.3 Å². The second-order valence-electron chi connectivity index (χ2n) is 5.71. The zero-order chi connectivity index (χ0) is 17.0. The molecule has 1 aliphatic rings. The van der Waals surface area contributed by atoms with E-state index in [1.54, 1.807) is 20.3 Å². The summed E-state index contributed by atoms with van der Waals surface area (Å²) in [6.45, 7) is 5.43. The van der Waals surface area contributed by atoms with Gasteiger partial charge in [0.05, 0.1) is 19.4 Å². The van der Waals surface area contributed by atoms with E-state index in [1.807, 2.05) is 17.0 Å². The van der Waals surface area contributed by atoms with E-state index in [9.17, 15) is 4.79 Å². The van der Waals surface area contributed by atoms with Crippen LogP contribution in [-0.4, -0.2) is 43.7 Å². The first kappa shape index (κ1) is 17.7. The number of amides is 1. The number of hydrogen-bond donors (Lipinski definition) is 2. The molecule has 1 aromatic carbocycles. The second-order valence-corrected chi connectivity index (χ2v) is 6.20. The predicted octanol–water partition coefficient (Wildman–Crippen LogP) is 2.45. The number of carbonyl (C=O) groups is 1. The summed E-state index contributed by atoms with van der Waals surface area (Å²) < 4.78 is 10.7. The highest BCUT2D eigenvalue weighted by atomic mass is 32.1. The predicted molar refractivity (Wildman–Crippen MR) is 94.6 cm³/mol. The normalized spacial score (nSPS) is 18.0. The molecule has 23 heavy (non-hydrogen) atoms. The lowest BCUT2D eigenvalue weighted by atomic mass is 9.98. The maximum absolute atomic E-state index is 12.0. The smallest absolute Gasteiger partial charge is 0.248 e. The van der Waals surface area contributed by atoms with Crippen LogP contribution in [0.1, 0.15) is 30.9 Å². The number of rotatable bonds is 6. The van der Waals surface area contributed by atoms with Crippen LogP contribution in [0.4, 0.5) is 0 Å². The first-order valence-corrected chi connectivity index (χ1v) is 8.13. The van der Waals surface area contributed by atoms with Crippen LogP contribution in [-0.2, 0) is 9.53 Å². The molecule has 1 amide bonds. The lowest BCUT2D eigenvalue weighted by Crippen LogP contribution is -2.48. The number of hydrogen-bond acceptors (Lipinski definition) is 5. The Hall–Kier alpha value is -1.66. The molecule has 5 nitrogen and oxygen atoms in total. The van der Waals surface area contributed by atoms with Gasteiger partial charge in [-0.05, 0) is 23.6 Å². The molecule has 6 heteroatoms. The molecule has 0 radical (unpaired) electrons. The Kier molecular flexibility index (Phi) is 5.96. The summed E-state index contributed by atoms with van der Waals surface area (Å²) >= 11 is 4.48. The zero-order valence-electron chi connectivity index (χ0n) is 14.0. The van der Waals surface area contributed by atoms with Crippen molar-refractivity contribution in [2.45, 2.75) is 25.3 Å². The second kappa shape index (κ2) is 7.75. The lowest BCUT2D eigenvalue weighted by molar-refractivity contribution is -0.117. The molecule has 1 heterocycles. The average molecular weight is 336 g/mol. The van der Waals surface area contributed by atoms with Crippen LogP contribution in [0, 0.1) is 0 Å². The first-order valence-electron chi connectivity index (χ1n) is 7.62. The van der Waals surface area contributed by atoms with Crippen molar-refractivity contribution in [1.82, 2.24) is 10.2 Å². The van der Waals surface area contributed by atoms with Crippen molar-refractivity contribution >= 4 is 24.2 Å². The van der Waals surface area contributed by atoms with Crippen LogP contribution in [0.3, 0.4) is 0 Å². The number of nitrogens with zero attached hydrogens (tertiary/aromatic N) is 1. The molecule has 2 rings (SSSR count). The van der Waals surface area contributed by atoms with Crippen LogP contribution in [0.5, 0.6) is 5.75 Å². The molecular weight excluding hydrogens is 312 g/mol. The van der Waals surface area contributed by atoms with Crippen LogP contribution in [0.15, 0.2) is 24.3 Å². The van der Waals surface area contributed by atoms with E-state index in [1.165, 1.54) is 5.56 Å².